The Bertz CT molecular complexity index is 1160. The summed E-state index contributed by atoms with van der Waals surface area (Å²) in [6, 6.07) is 4.81. The molecular weight excluding hydrogens is 502 g/mol. The SMILES string of the molecule is CN[C@@H](C)C(=O)N[C@H]1CCCC[C@H]2CC[C@@H](C(=O)NCc3cccc(C(=O)N4C[C@@H]5C[C@H]4C(=O)O5)c3)N2C1=O. The second kappa shape index (κ2) is 11.3. The lowest BCUT2D eigenvalue weighted by Gasteiger charge is -2.35. The molecule has 2 bridgehead atoms. The van der Waals surface area contributed by atoms with Gasteiger partial charge in [0.25, 0.3) is 5.91 Å². The zero-order valence-corrected chi connectivity index (χ0v) is 22.5. The number of nitrogens with zero attached hydrogens (tertiary/aromatic N) is 2. The van der Waals surface area contributed by atoms with Crippen molar-refractivity contribution in [3.8, 4) is 0 Å². The van der Waals surface area contributed by atoms with E-state index in [4.69, 9.17) is 4.74 Å². The molecule has 4 amide bonds. The average Bonchev–Trinajstić information content (AvgIpc) is 3.65. The Hall–Kier alpha value is -3.47. The third-order valence-corrected chi connectivity index (χ3v) is 8.50. The quantitative estimate of drug-likeness (QED) is 0.429. The lowest BCUT2D eigenvalue weighted by atomic mass is 9.98. The van der Waals surface area contributed by atoms with Crippen LogP contribution in [-0.4, -0.2) is 89.3 Å². The molecular formula is C28H37N5O6. The van der Waals surface area contributed by atoms with E-state index in [-0.39, 0.29) is 48.3 Å². The largest absolute Gasteiger partial charge is 0.459 e. The average molecular weight is 540 g/mol. The van der Waals surface area contributed by atoms with Gasteiger partial charge in [-0.15, -0.1) is 0 Å². The molecule has 0 unspecified atom stereocenters. The fourth-order valence-corrected chi connectivity index (χ4v) is 6.21. The van der Waals surface area contributed by atoms with Gasteiger partial charge in [-0.2, -0.15) is 0 Å². The van der Waals surface area contributed by atoms with E-state index in [0.717, 1.165) is 31.2 Å². The van der Waals surface area contributed by atoms with Crippen LogP contribution in [0.3, 0.4) is 0 Å². The second-order valence-corrected chi connectivity index (χ2v) is 11.0. The summed E-state index contributed by atoms with van der Waals surface area (Å²) in [4.78, 5) is 67.6. The van der Waals surface area contributed by atoms with Crippen LogP contribution in [0.5, 0.6) is 0 Å². The highest BCUT2D eigenvalue weighted by atomic mass is 16.6. The number of likely N-dealkylation sites (tertiary alicyclic amines) is 1. The van der Waals surface area contributed by atoms with Crippen LogP contribution in [0, 0.1) is 0 Å². The van der Waals surface area contributed by atoms with Gasteiger partial charge in [-0.25, -0.2) is 4.79 Å². The van der Waals surface area contributed by atoms with Crippen LogP contribution in [0.15, 0.2) is 24.3 Å². The number of benzene rings is 1. The minimum atomic E-state index is -0.648. The van der Waals surface area contributed by atoms with Crippen molar-refractivity contribution in [3.63, 3.8) is 0 Å². The standard InChI is InChI=1S/C28H37N5O6/c1-16(29-2)24(34)31-21-9-4-3-8-19-10-11-22(33(19)27(21)37)25(35)30-14-17-6-5-7-18(12-17)26(36)32-15-20-13-23(32)28(38)39-20/h5-7,12,16,19-23,29H,3-4,8-11,13-15H2,1-2H3,(H,30,35)(H,31,34)/t16-,19-,20-,21-,22-,23-/m0/s1. The molecule has 5 rings (SSSR count). The van der Waals surface area contributed by atoms with Crippen LogP contribution in [0.25, 0.3) is 0 Å². The van der Waals surface area contributed by atoms with Gasteiger partial charge < -0.3 is 30.5 Å². The topological polar surface area (TPSA) is 137 Å². The van der Waals surface area contributed by atoms with Crippen LogP contribution in [0.2, 0.25) is 0 Å². The van der Waals surface area contributed by atoms with Crippen molar-refractivity contribution in [2.45, 2.75) is 94.7 Å². The number of fused-ring (bicyclic) bond motifs is 3. The zero-order chi connectivity index (χ0) is 27.7. The maximum atomic E-state index is 13.6. The van der Waals surface area contributed by atoms with Crippen LogP contribution in [-0.2, 0) is 30.5 Å². The normalized spacial score (nSPS) is 28.8. The Morgan fingerprint density at radius 2 is 1.90 bits per heavy atom. The van der Waals surface area contributed by atoms with Crippen molar-refractivity contribution in [2.24, 2.45) is 0 Å². The molecule has 0 aliphatic carbocycles. The molecule has 39 heavy (non-hydrogen) atoms. The Morgan fingerprint density at radius 3 is 2.64 bits per heavy atom. The third-order valence-electron chi connectivity index (χ3n) is 8.50. The smallest absolute Gasteiger partial charge is 0.329 e. The highest BCUT2D eigenvalue weighted by Crippen LogP contribution is 2.32. The van der Waals surface area contributed by atoms with Crippen molar-refractivity contribution in [1.82, 2.24) is 25.8 Å². The molecule has 11 heteroatoms. The molecule has 0 radical (unpaired) electrons. The first kappa shape index (κ1) is 27.1. The lowest BCUT2D eigenvalue weighted by molar-refractivity contribution is -0.149. The third kappa shape index (κ3) is 5.50. The van der Waals surface area contributed by atoms with Gasteiger partial charge in [0.1, 0.15) is 24.2 Å². The minimum absolute atomic E-state index is 0.0156. The van der Waals surface area contributed by atoms with E-state index in [0.29, 0.717) is 31.4 Å². The summed E-state index contributed by atoms with van der Waals surface area (Å²) >= 11 is 0. The van der Waals surface area contributed by atoms with Gasteiger partial charge in [-0.05, 0) is 57.4 Å². The molecule has 4 saturated heterocycles. The number of hydrogen-bond acceptors (Lipinski definition) is 7. The maximum absolute atomic E-state index is 13.6. The van der Waals surface area contributed by atoms with Gasteiger partial charge >= 0.3 is 5.97 Å². The fraction of sp³-hybridized carbons (Fsp3) is 0.607. The summed E-state index contributed by atoms with van der Waals surface area (Å²) in [5.74, 6) is -1.24. The minimum Gasteiger partial charge on any atom is -0.459 e. The van der Waals surface area contributed by atoms with Crippen molar-refractivity contribution in [2.75, 3.05) is 13.6 Å². The van der Waals surface area contributed by atoms with E-state index in [1.807, 2.05) is 6.07 Å². The maximum Gasteiger partial charge on any atom is 0.329 e. The van der Waals surface area contributed by atoms with Crippen LogP contribution in [0.4, 0.5) is 0 Å². The number of ether oxygens (including phenoxy) is 1. The lowest BCUT2D eigenvalue weighted by Crippen LogP contribution is -2.57. The number of hydrogen-bond donors (Lipinski definition) is 3. The summed E-state index contributed by atoms with van der Waals surface area (Å²) in [6.45, 7) is 2.35. The monoisotopic (exact) mass is 539 g/mol. The Morgan fingerprint density at radius 1 is 1.10 bits per heavy atom. The van der Waals surface area contributed by atoms with Crippen LogP contribution in [0.1, 0.15) is 67.8 Å². The fourth-order valence-electron chi connectivity index (χ4n) is 6.21. The molecule has 4 aliphatic heterocycles. The van der Waals surface area contributed by atoms with E-state index in [1.54, 1.807) is 42.0 Å². The summed E-state index contributed by atoms with van der Waals surface area (Å²) < 4.78 is 5.18. The molecule has 3 N–H and O–H groups in total. The summed E-state index contributed by atoms with van der Waals surface area (Å²) in [5, 5.41) is 8.73. The predicted molar refractivity (Wildman–Crippen MR) is 140 cm³/mol. The first-order chi connectivity index (χ1) is 18.8. The number of carbonyl (C=O) groups excluding carboxylic acids is 5. The van der Waals surface area contributed by atoms with E-state index in [9.17, 15) is 24.0 Å². The molecule has 11 nitrogen and oxygen atoms in total. The highest BCUT2D eigenvalue weighted by molar-refractivity contribution is 5.98. The number of morpholine rings is 1. The van der Waals surface area contributed by atoms with Gasteiger partial charge in [0.2, 0.25) is 17.7 Å². The molecule has 4 heterocycles. The first-order valence-electron chi connectivity index (χ1n) is 13.9. The Balaban J connectivity index is 1.22. The molecule has 0 saturated carbocycles. The van der Waals surface area contributed by atoms with Gasteiger partial charge in [0.15, 0.2) is 0 Å². The first-order valence-corrected chi connectivity index (χ1v) is 13.9. The number of rotatable bonds is 7. The molecule has 4 aliphatic rings. The highest BCUT2D eigenvalue weighted by Gasteiger charge is 2.48. The summed E-state index contributed by atoms with van der Waals surface area (Å²) in [7, 11) is 1.69. The molecule has 6 atom stereocenters. The van der Waals surface area contributed by atoms with Gasteiger partial charge in [0, 0.05) is 24.6 Å². The number of amides is 4. The van der Waals surface area contributed by atoms with Crippen molar-refractivity contribution >= 4 is 29.6 Å². The number of esters is 1. The Kier molecular flexibility index (Phi) is 7.88. The number of carbonyl (C=O) groups is 5. The van der Waals surface area contributed by atoms with E-state index < -0.39 is 24.2 Å². The van der Waals surface area contributed by atoms with Crippen molar-refractivity contribution in [1.29, 1.82) is 0 Å². The molecule has 1 aromatic rings. The van der Waals surface area contributed by atoms with Crippen molar-refractivity contribution in [3.05, 3.63) is 35.4 Å². The molecule has 1 aromatic carbocycles. The van der Waals surface area contributed by atoms with E-state index in [1.165, 1.54) is 0 Å². The van der Waals surface area contributed by atoms with Gasteiger partial charge in [-0.1, -0.05) is 25.0 Å². The second-order valence-electron chi connectivity index (χ2n) is 11.0. The number of likely N-dealkylation sites (N-methyl/N-ethyl adjacent to an activating group) is 1. The molecule has 0 aromatic heterocycles. The Labute approximate surface area is 228 Å². The van der Waals surface area contributed by atoms with Gasteiger partial charge in [0.05, 0.1) is 12.6 Å². The van der Waals surface area contributed by atoms with Crippen LogP contribution >= 0.6 is 0 Å². The summed E-state index contributed by atoms with van der Waals surface area (Å²) in [6.07, 6.45) is 4.82. The molecule has 0 spiro atoms. The number of nitrogens with one attached hydrogen (secondary N) is 3. The summed E-state index contributed by atoms with van der Waals surface area (Å²) in [5.41, 5.74) is 1.21. The van der Waals surface area contributed by atoms with Crippen LogP contribution < -0.4 is 16.0 Å². The van der Waals surface area contributed by atoms with Crippen molar-refractivity contribution < 1.29 is 28.7 Å². The molecule has 4 fully saturated rings. The zero-order valence-electron chi connectivity index (χ0n) is 22.5. The van der Waals surface area contributed by atoms with E-state index >= 15 is 0 Å². The predicted octanol–water partition coefficient (Wildman–Crippen LogP) is 0.469. The van der Waals surface area contributed by atoms with E-state index in [2.05, 4.69) is 16.0 Å². The van der Waals surface area contributed by atoms with Gasteiger partial charge in [-0.3, -0.25) is 19.2 Å². The molecule has 210 valence electrons.